The first-order valence-corrected chi connectivity index (χ1v) is 12.4. The molecule has 184 valence electrons. The molecule has 5 atom stereocenters. The summed E-state index contributed by atoms with van der Waals surface area (Å²) in [5.74, 6) is -2.40. The quantitative estimate of drug-likeness (QED) is 0.266. The van der Waals surface area contributed by atoms with E-state index in [1.54, 1.807) is 6.92 Å². The Labute approximate surface area is 199 Å². The first-order valence-electron chi connectivity index (χ1n) is 11.0. The second kappa shape index (κ2) is 14.5. The van der Waals surface area contributed by atoms with Crippen molar-refractivity contribution in [2.45, 2.75) is 64.2 Å². The normalized spacial score (nSPS) is 15.4. The molecule has 1 rings (SSSR count). The van der Waals surface area contributed by atoms with Crippen LogP contribution in [0.4, 0.5) is 0 Å². The number of carboxylic acid groups (broad SMARTS) is 1. The minimum Gasteiger partial charge on any atom is -0.480 e. The number of carbonyl (C=O) groups excluding carboxylic acids is 3. The molecular weight excluding hydrogens is 444 g/mol. The standard InChI is InChI=1S/C23H36N4O5S/c1-5-14(2)19(23(31)32)27-22(30)18(13-16-9-7-6-8-10-16)26-21(29)17(11-12-33-4)25-20(28)15(3)24/h6-10,14-15,17-19H,5,11-13,24H2,1-4H3,(H,25,28)(H,26,29)(H,27,30)(H,31,32). The maximum Gasteiger partial charge on any atom is 0.326 e. The molecule has 0 aliphatic rings. The van der Waals surface area contributed by atoms with Gasteiger partial charge in [0.05, 0.1) is 6.04 Å². The van der Waals surface area contributed by atoms with E-state index in [1.165, 1.54) is 18.7 Å². The van der Waals surface area contributed by atoms with Crippen LogP contribution in [-0.2, 0) is 25.6 Å². The lowest BCUT2D eigenvalue weighted by molar-refractivity contribution is -0.143. The predicted octanol–water partition coefficient (Wildman–Crippen LogP) is 0.915. The van der Waals surface area contributed by atoms with Crippen LogP contribution >= 0.6 is 11.8 Å². The molecule has 6 N–H and O–H groups in total. The Morgan fingerprint density at radius 3 is 2.06 bits per heavy atom. The zero-order valence-corrected chi connectivity index (χ0v) is 20.5. The number of nitrogens with one attached hydrogen (secondary N) is 3. The average molecular weight is 481 g/mol. The van der Waals surface area contributed by atoms with Gasteiger partial charge in [0.1, 0.15) is 18.1 Å². The van der Waals surface area contributed by atoms with Gasteiger partial charge in [-0.25, -0.2) is 4.79 Å². The summed E-state index contributed by atoms with van der Waals surface area (Å²) in [6.45, 7) is 5.10. The number of aliphatic carboxylic acids is 1. The van der Waals surface area contributed by atoms with Crippen molar-refractivity contribution >= 4 is 35.5 Å². The van der Waals surface area contributed by atoms with Crippen molar-refractivity contribution in [1.29, 1.82) is 0 Å². The Morgan fingerprint density at radius 1 is 0.970 bits per heavy atom. The molecule has 9 nitrogen and oxygen atoms in total. The number of rotatable bonds is 14. The first-order chi connectivity index (χ1) is 15.6. The smallest absolute Gasteiger partial charge is 0.326 e. The van der Waals surface area contributed by atoms with E-state index in [4.69, 9.17) is 5.73 Å². The zero-order valence-electron chi connectivity index (χ0n) is 19.7. The zero-order chi connectivity index (χ0) is 25.0. The summed E-state index contributed by atoms with van der Waals surface area (Å²) in [5.41, 5.74) is 6.42. The van der Waals surface area contributed by atoms with E-state index in [9.17, 15) is 24.3 Å². The summed E-state index contributed by atoms with van der Waals surface area (Å²) in [4.78, 5) is 49.9. The maximum absolute atomic E-state index is 13.1. The van der Waals surface area contributed by atoms with Gasteiger partial charge in [0.15, 0.2) is 0 Å². The van der Waals surface area contributed by atoms with Gasteiger partial charge in [0, 0.05) is 6.42 Å². The number of carboxylic acids is 1. The second-order valence-electron chi connectivity index (χ2n) is 8.09. The lowest BCUT2D eigenvalue weighted by Gasteiger charge is -2.26. The first kappa shape index (κ1) is 28.4. The summed E-state index contributed by atoms with van der Waals surface area (Å²) >= 11 is 1.52. The topological polar surface area (TPSA) is 151 Å². The lowest BCUT2D eigenvalue weighted by Crippen LogP contribution is -2.58. The van der Waals surface area contributed by atoms with Crippen LogP contribution in [0, 0.1) is 5.92 Å². The Bertz CT molecular complexity index is 790. The van der Waals surface area contributed by atoms with Crippen molar-refractivity contribution < 1.29 is 24.3 Å². The highest BCUT2D eigenvalue weighted by atomic mass is 32.2. The highest BCUT2D eigenvalue weighted by Crippen LogP contribution is 2.10. The van der Waals surface area contributed by atoms with Crippen molar-refractivity contribution in [2.75, 3.05) is 12.0 Å². The average Bonchev–Trinajstić information content (AvgIpc) is 2.79. The Morgan fingerprint density at radius 2 is 1.55 bits per heavy atom. The molecule has 0 aromatic heterocycles. The van der Waals surface area contributed by atoms with Crippen molar-refractivity contribution in [3.63, 3.8) is 0 Å². The molecule has 1 aromatic rings. The highest BCUT2D eigenvalue weighted by Gasteiger charge is 2.31. The van der Waals surface area contributed by atoms with Crippen molar-refractivity contribution in [2.24, 2.45) is 11.7 Å². The summed E-state index contributed by atoms with van der Waals surface area (Å²) < 4.78 is 0. The maximum atomic E-state index is 13.1. The highest BCUT2D eigenvalue weighted by molar-refractivity contribution is 7.98. The van der Waals surface area contributed by atoms with Crippen LogP contribution in [0.25, 0.3) is 0 Å². The van der Waals surface area contributed by atoms with E-state index in [0.717, 1.165) is 5.56 Å². The Hall–Kier alpha value is -2.59. The fraction of sp³-hybridized carbons (Fsp3) is 0.565. The number of nitrogens with two attached hydrogens (primary N) is 1. The van der Waals surface area contributed by atoms with E-state index in [0.29, 0.717) is 18.6 Å². The van der Waals surface area contributed by atoms with Crippen LogP contribution in [0.1, 0.15) is 39.2 Å². The summed E-state index contributed by atoms with van der Waals surface area (Å²) in [5, 5.41) is 17.5. The summed E-state index contributed by atoms with van der Waals surface area (Å²) in [6.07, 6.45) is 2.97. The Balaban J connectivity index is 3.10. The molecule has 0 fully saturated rings. The van der Waals surface area contributed by atoms with Crippen LogP contribution in [0.3, 0.4) is 0 Å². The monoisotopic (exact) mass is 480 g/mol. The number of amides is 3. The lowest BCUT2D eigenvalue weighted by atomic mass is 9.98. The van der Waals surface area contributed by atoms with Gasteiger partial charge < -0.3 is 26.8 Å². The van der Waals surface area contributed by atoms with Crippen molar-refractivity contribution in [1.82, 2.24) is 16.0 Å². The van der Waals surface area contributed by atoms with Crippen LogP contribution in [0.5, 0.6) is 0 Å². The van der Waals surface area contributed by atoms with Gasteiger partial charge in [-0.2, -0.15) is 11.8 Å². The Kier molecular flexibility index (Phi) is 12.5. The SMILES string of the molecule is CCC(C)C(NC(=O)C(Cc1ccccc1)NC(=O)C(CCSC)NC(=O)C(C)N)C(=O)O. The minimum absolute atomic E-state index is 0.168. The van der Waals surface area contributed by atoms with Gasteiger partial charge in [0.25, 0.3) is 0 Å². The number of thioether (sulfide) groups is 1. The number of carbonyl (C=O) groups is 4. The summed E-state index contributed by atoms with van der Waals surface area (Å²) in [7, 11) is 0. The fourth-order valence-corrected chi connectivity index (χ4v) is 3.55. The molecule has 33 heavy (non-hydrogen) atoms. The van der Waals surface area contributed by atoms with E-state index in [2.05, 4.69) is 16.0 Å². The molecule has 0 saturated carbocycles. The molecule has 3 amide bonds. The van der Waals surface area contributed by atoms with E-state index in [1.807, 2.05) is 43.5 Å². The number of benzene rings is 1. The molecular formula is C23H36N4O5S. The molecule has 0 spiro atoms. The molecule has 1 aromatic carbocycles. The molecule has 0 saturated heterocycles. The van der Waals surface area contributed by atoms with Gasteiger partial charge in [0.2, 0.25) is 17.7 Å². The molecule has 0 heterocycles. The van der Waals surface area contributed by atoms with Crippen LogP contribution in [0.15, 0.2) is 30.3 Å². The third-order valence-electron chi connectivity index (χ3n) is 5.35. The molecule has 0 aliphatic heterocycles. The van der Waals surface area contributed by atoms with Gasteiger partial charge in [-0.05, 0) is 36.8 Å². The van der Waals surface area contributed by atoms with Gasteiger partial charge >= 0.3 is 5.97 Å². The molecule has 10 heteroatoms. The fourth-order valence-electron chi connectivity index (χ4n) is 3.08. The largest absolute Gasteiger partial charge is 0.480 e. The molecule has 0 aliphatic carbocycles. The third kappa shape index (κ3) is 9.83. The van der Waals surface area contributed by atoms with Gasteiger partial charge in [-0.1, -0.05) is 50.6 Å². The van der Waals surface area contributed by atoms with Crippen LogP contribution in [0.2, 0.25) is 0 Å². The number of hydrogen-bond acceptors (Lipinski definition) is 6. The van der Waals surface area contributed by atoms with Crippen molar-refractivity contribution in [3.8, 4) is 0 Å². The van der Waals surface area contributed by atoms with Crippen molar-refractivity contribution in [3.05, 3.63) is 35.9 Å². The van der Waals surface area contributed by atoms with E-state index < -0.39 is 47.9 Å². The third-order valence-corrected chi connectivity index (χ3v) is 5.99. The summed E-state index contributed by atoms with van der Waals surface area (Å²) in [6, 6.07) is 5.35. The van der Waals surface area contributed by atoms with E-state index >= 15 is 0 Å². The second-order valence-corrected chi connectivity index (χ2v) is 9.08. The van der Waals surface area contributed by atoms with Gasteiger partial charge in [-0.15, -0.1) is 0 Å². The molecule has 5 unspecified atom stereocenters. The van der Waals surface area contributed by atoms with Gasteiger partial charge in [-0.3, -0.25) is 14.4 Å². The molecule has 0 bridgehead atoms. The van der Waals surface area contributed by atoms with E-state index in [-0.39, 0.29) is 12.3 Å². The van der Waals surface area contributed by atoms with Crippen LogP contribution < -0.4 is 21.7 Å². The molecule has 0 radical (unpaired) electrons. The minimum atomic E-state index is -1.13. The number of hydrogen-bond donors (Lipinski definition) is 5. The predicted molar refractivity (Wildman–Crippen MR) is 130 cm³/mol. The van der Waals surface area contributed by atoms with Crippen LogP contribution in [-0.4, -0.2) is 65.0 Å².